The fourth-order valence-corrected chi connectivity index (χ4v) is 1.23. The molecule has 0 aliphatic rings. The number of nitrogens with zero attached hydrogens (tertiary/aromatic N) is 3. The molecule has 0 saturated heterocycles. The van der Waals surface area contributed by atoms with Crippen LogP contribution >= 0.6 is 0 Å². The van der Waals surface area contributed by atoms with Crippen LogP contribution < -0.4 is 11.5 Å². The highest BCUT2D eigenvalue weighted by atomic mass is 15.1. The van der Waals surface area contributed by atoms with Gasteiger partial charge in [-0.3, -0.25) is 4.57 Å². The quantitative estimate of drug-likeness (QED) is 0.693. The lowest BCUT2D eigenvalue weighted by Gasteiger charge is -2.05. The predicted octanol–water partition coefficient (Wildman–Crippen LogP) is 0.740. The molecule has 5 heteroatoms. The molecule has 72 valence electrons. The monoisotopic (exact) mass is 189 g/mol. The summed E-state index contributed by atoms with van der Waals surface area (Å²) in [6.45, 7) is 1.90. The number of nitrogen functional groups attached to an aromatic ring is 2. The Morgan fingerprint density at radius 2 is 2.07 bits per heavy atom. The molecule has 0 amide bonds. The molecule has 5 nitrogen and oxygen atoms in total. The van der Waals surface area contributed by atoms with E-state index in [0.717, 1.165) is 11.6 Å². The van der Waals surface area contributed by atoms with Gasteiger partial charge in [-0.15, -0.1) is 0 Å². The fourth-order valence-electron chi connectivity index (χ4n) is 1.23. The second-order valence-electron chi connectivity index (χ2n) is 2.99. The molecule has 2 rings (SSSR count). The number of nitrogens with two attached hydrogens (primary N) is 2. The molecular formula is C9H11N5. The molecule has 2 aromatic rings. The van der Waals surface area contributed by atoms with Crippen LogP contribution in [0.3, 0.4) is 0 Å². The number of aryl methyl sites for hydroxylation is 1. The number of rotatable bonds is 1. The van der Waals surface area contributed by atoms with E-state index in [1.54, 1.807) is 18.3 Å². The Morgan fingerprint density at radius 1 is 1.29 bits per heavy atom. The number of pyridine rings is 1. The lowest BCUT2D eigenvalue weighted by atomic mass is 10.4. The summed E-state index contributed by atoms with van der Waals surface area (Å²) in [6, 6.07) is 3.54. The van der Waals surface area contributed by atoms with E-state index in [2.05, 4.69) is 9.97 Å². The second-order valence-corrected chi connectivity index (χ2v) is 2.99. The zero-order valence-electron chi connectivity index (χ0n) is 7.81. The summed E-state index contributed by atoms with van der Waals surface area (Å²) in [4.78, 5) is 8.25. The maximum absolute atomic E-state index is 5.61. The first-order valence-electron chi connectivity index (χ1n) is 4.21. The van der Waals surface area contributed by atoms with Crippen LogP contribution in [0.25, 0.3) is 5.82 Å². The molecule has 0 aliphatic heterocycles. The molecule has 2 aromatic heterocycles. The Labute approximate surface area is 81.4 Å². The van der Waals surface area contributed by atoms with Crippen molar-refractivity contribution >= 4 is 11.5 Å². The first-order valence-corrected chi connectivity index (χ1v) is 4.21. The summed E-state index contributed by atoms with van der Waals surface area (Å²) < 4.78 is 1.84. The molecule has 0 unspecified atom stereocenters. The molecule has 0 saturated carbocycles. The first kappa shape index (κ1) is 8.55. The Morgan fingerprint density at radius 3 is 2.64 bits per heavy atom. The van der Waals surface area contributed by atoms with Crippen LogP contribution in [0.1, 0.15) is 5.82 Å². The average molecular weight is 189 g/mol. The van der Waals surface area contributed by atoms with E-state index in [9.17, 15) is 0 Å². The van der Waals surface area contributed by atoms with E-state index in [1.807, 2.05) is 17.7 Å². The summed E-state index contributed by atoms with van der Waals surface area (Å²) in [5.41, 5.74) is 11.7. The maximum atomic E-state index is 5.61. The van der Waals surface area contributed by atoms with Gasteiger partial charge in [0.25, 0.3) is 0 Å². The van der Waals surface area contributed by atoms with E-state index >= 15 is 0 Å². The second kappa shape index (κ2) is 3.02. The summed E-state index contributed by atoms with van der Waals surface area (Å²) in [7, 11) is 0. The van der Waals surface area contributed by atoms with Gasteiger partial charge in [-0.1, -0.05) is 0 Å². The van der Waals surface area contributed by atoms with Crippen molar-refractivity contribution in [3.05, 3.63) is 30.4 Å². The predicted molar refractivity (Wildman–Crippen MR) is 54.9 cm³/mol. The Balaban J connectivity index is 2.53. The van der Waals surface area contributed by atoms with Crippen molar-refractivity contribution in [3.63, 3.8) is 0 Å². The highest BCUT2D eigenvalue weighted by Crippen LogP contribution is 2.15. The fraction of sp³-hybridized carbons (Fsp3) is 0.111. The Hall–Kier alpha value is -2.04. The average Bonchev–Trinajstić information content (AvgIpc) is 2.57. The topological polar surface area (TPSA) is 82.8 Å². The zero-order chi connectivity index (χ0) is 10.1. The smallest absolute Gasteiger partial charge is 0.149 e. The number of aromatic nitrogens is 3. The Bertz CT molecular complexity index is 460. The summed E-state index contributed by atoms with van der Waals surface area (Å²) in [5.74, 6) is 1.93. The minimum Gasteiger partial charge on any atom is -0.396 e. The van der Waals surface area contributed by atoms with Crippen LogP contribution in [0.2, 0.25) is 0 Å². The number of hydrogen-bond donors (Lipinski definition) is 2. The minimum atomic E-state index is 0.343. The normalized spacial score (nSPS) is 10.4. The molecule has 0 fully saturated rings. The third kappa shape index (κ3) is 1.28. The van der Waals surface area contributed by atoms with Gasteiger partial charge >= 0.3 is 0 Å². The number of hydrogen-bond acceptors (Lipinski definition) is 4. The van der Waals surface area contributed by atoms with Crippen molar-refractivity contribution in [2.24, 2.45) is 0 Å². The van der Waals surface area contributed by atoms with Gasteiger partial charge in [0.05, 0.1) is 5.69 Å². The van der Waals surface area contributed by atoms with Gasteiger partial charge in [-0.05, 0) is 19.1 Å². The van der Waals surface area contributed by atoms with Crippen molar-refractivity contribution < 1.29 is 0 Å². The first-order chi connectivity index (χ1) is 6.68. The molecule has 0 bridgehead atoms. The van der Waals surface area contributed by atoms with Crippen molar-refractivity contribution in [1.82, 2.24) is 14.5 Å². The van der Waals surface area contributed by atoms with Gasteiger partial charge in [0.2, 0.25) is 0 Å². The van der Waals surface area contributed by atoms with Gasteiger partial charge in [0.1, 0.15) is 17.5 Å². The summed E-state index contributed by atoms with van der Waals surface area (Å²) in [6.07, 6.45) is 3.54. The summed E-state index contributed by atoms with van der Waals surface area (Å²) in [5, 5.41) is 0. The van der Waals surface area contributed by atoms with E-state index in [1.165, 1.54) is 0 Å². The molecule has 4 N–H and O–H groups in total. The standard InChI is InChI=1S/C9H11N5/c1-6-12-4-5-14(6)8-3-2-7(10)9(11)13-8/h2-5H,10H2,1H3,(H2,11,13). The van der Waals surface area contributed by atoms with Gasteiger partial charge < -0.3 is 11.5 Å². The largest absolute Gasteiger partial charge is 0.396 e. The van der Waals surface area contributed by atoms with Crippen LogP contribution in [-0.2, 0) is 0 Å². The lowest BCUT2D eigenvalue weighted by molar-refractivity contribution is 0.936. The van der Waals surface area contributed by atoms with E-state index < -0.39 is 0 Å². The van der Waals surface area contributed by atoms with Crippen molar-refractivity contribution in [2.75, 3.05) is 11.5 Å². The lowest BCUT2D eigenvalue weighted by Crippen LogP contribution is -2.03. The molecule has 0 spiro atoms. The van der Waals surface area contributed by atoms with Crippen LogP contribution in [0, 0.1) is 6.92 Å². The SMILES string of the molecule is Cc1nccn1-c1ccc(N)c(N)n1. The molecule has 0 atom stereocenters. The molecular weight excluding hydrogens is 178 g/mol. The molecule has 0 aliphatic carbocycles. The van der Waals surface area contributed by atoms with Gasteiger partial charge in [0, 0.05) is 12.4 Å². The van der Waals surface area contributed by atoms with E-state index in [4.69, 9.17) is 11.5 Å². The van der Waals surface area contributed by atoms with Gasteiger partial charge in [-0.25, -0.2) is 9.97 Å². The number of anilines is 2. The zero-order valence-corrected chi connectivity index (χ0v) is 7.81. The third-order valence-electron chi connectivity index (χ3n) is 2.02. The maximum Gasteiger partial charge on any atom is 0.149 e. The van der Waals surface area contributed by atoms with Gasteiger partial charge in [0.15, 0.2) is 0 Å². The highest BCUT2D eigenvalue weighted by Gasteiger charge is 2.03. The van der Waals surface area contributed by atoms with Crippen LogP contribution in [0.5, 0.6) is 0 Å². The number of imidazole rings is 1. The van der Waals surface area contributed by atoms with E-state index in [0.29, 0.717) is 11.5 Å². The van der Waals surface area contributed by atoms with Crippen molar-refractivity contribution in [3.8, 4) is 5.82 Å². The molecule has 2 heterocycles. The minimum absolute atomic E-state index is 0.343. The molecule has 14 heavy (non-hydrogen) atoms. The van der Waals surface area contributed by atoms with Crippen LogP contribution in [0.15, 0.2) is 24.5 Å². The van der Waals surface area contributed by atoms with E-state index in [-0.39, 0.29) is 0 Å². The van der Waals surface area contributed by atoms with Crippen molar-refractivity contribution in [1.29, 1.82) is 0 Å². The third-order valence-corrected chi connectivity index (χ3v) is 2.02. The summed E-state index contributed by atoms with van der Waals surface area (Å²) >= 11 is 0. The highest BCUT2D eigenvalue weighted by molar-refractivity contribution is 5.59. The molecule has 0 radical (unpaired) electrons. The molecule has 0 aromatic carbocycles. The van der Waals surface area contributed by atoms with Crippen LogP contribution in [-0.4, -0.2) is 14.5 Å². The Kier molecular flexibility index (Phi) is 1.85. The van der Waals surface area contributed by atoms with Crippen molar-refractivity contribution in [2.45, 2.75) is 6.92 Å². The van der Waals surface area contributed by atoms with Gasteiger partial charge in [-0.2, -0.15) is 0 Å². The van der Waals surface area contributed by atoms with Crippen LogP contribution in [0.4, 0.5) is 11.5 Å².